The van der Waals surface area contributed by atoms with Crippen LogP contribution in [0.2, 0.25) is 0 Å². The zero-order valence-corrected chi connectivity index (χ0v) is 16.9. The molecule has 146 valence electrons. The Bertz CT molecular complexity index is 952. The summed E-state index contributed by atoms with van der Waals surface area (Å²) in [6.45, 7) is 8.32. The average Bonchev–Trinajstić information content (AvgIpc) is 3.07. The molecule has 0 saturated carbocycles. The molecule has 0 aliphatic heterocycles. The molecule has 1 heterocycles. The summed E-state index contributed by atoms with van der Waals surface area (Å²) in [6, 6.07) is 16.8. The molecule has 0 aliphatic rings. The minimum Gasteiger partial charge on any atom is -0.497 e. The molecule has 0 atom stereocenters. The molecule has 3 aromatic rings. The molecule has 28 heavy (non-hydrogen) atoms. The Kier molecular flexibility index (Phi) is 5.40. The highest BCUT2D eigenvalue weighted by atomic mass is 16.5. The van der Waals surface area contributed by atoms with Gasteiger partial charge in [0.15, 0.2) is 0 Å². The maximum absolute atomic E-state index is 12.5. The highest BCUT2D eigenvalue weighted by molar-refractivity contribution is 5.99. The first-order valence-electron chi connectivity index (χ1n) is 9.16. The van der Waals surface area contributed by atoms with Gasteiger partial charge in [0.05, 0.1) is 18.5 Å². The molecular weight excluding hydrogens is 352 g/mol. The average molecular weight is 378 g/mol. The van der Waals surface area contributed by atoms with Crippen molar-refractivity contribution in [1.82, 2.24) is 9.78 Å². The van der Waals surface area contributed by atoms with Crippen LogP contribution < -0.4 is 15.4 Å². The van der Waals surface area contributed by atoms with Gasteiger partial charge in [0, 0.05) is 17.2 Å². The van der Waals surface area contributed by atoms with E-state index < -0.39 is 0 Å². The smallest absolute Gasteiger partial charge is 0.324 e. The standard InChI is InChI=1S/C22H26N4O2/c1-15-6-10-17(11-7-15)26-20(14-19(25-26)22(2,3)4)24-21(27)23-16-8-12-18(28-5)13-9-16/h6-14H,1-5H3,(H2,23,24,27). The molecule has 0 fully saturated rings. The number of hydrogen-bond acceptors (Lipinski definition) is 3. The van der Waals surface area contributed by atoms with E-state index in [2.05, 4.69) is 31.4 Å². The number of urea groups is 1. The van der Waals surface area contributed by atoms with Crippen molar-refractivity contribution < 1.29 is 9.53 Å². The van der Waals surface area contributed by atoms with Gasteiger partial charge >= 0.3 is 6.03 Å². The summed E-state index contributed by atoms with van der Waals surface area (Å²) < 4.78 is 6.90. The number of rotatable bonds is 4. The molecule has 2 aromatic carbocycles. The second-order valence-electron chi connectivity index (χ2n) is 7.72. The first kappa shape index (κ1) is 19.5. The van der Waals surface area contributed by atoms with Gasteiger partial charge in [-0.05, 0) is 43.3 Å². The first-order chi connectivity index (χ1) is 13.3. The summed E-state index contributed by atoms with van der Waals surface area (Å²) >= 11 is 0. The van der Waals surface area contributed by atoms with Crippen LogP contribution in [0.3, 0.4) is 0 Å². The topological polar surface area (TPSA) is 68.2 Å². The normalized spacial score (nSPS) is 11.2. The molecule has 6 nitrogen and oxygen atoms in total. The van der Waals surface area contributed by atoms with E-state index >= 15 is 0 Å². The lowest BCUT2D eigenvalue weighted by Gasteiger charge is -2.14. The van der Waals surface area contributed by atoms with Gasteiger partial charge in [-0.15, -0.1) is 0 Å². The molecule has 6 heteroatoms. The van der Waals surface area contributed by atoms with Crippen molar-refractivity contribution in [3.8, 4) is 11.4 Å². The molecule has 0 radical (unpaired) electrons. The van der Waals surface area contributed by atoms with Crippen molar-refractivity contribution in [1.29, 1.82) is 0 Å². The molecule has 3 rings (SSSR count). The Morgan fingerprint density at radius 1 is 1.00 bits per heavy atom. The van der Waals surface area contributed by atoms with Crippen molar-refractivity contribution in [2.45, 2.75) is 33.1 Å². The van der Waals surface area contributed by atoms with Gasteiger partial charge in [-0.2, -0.15) is 5.10 Å². The van der Waals surface area contributed by atoms with Crippen LogP contribution in [-0.4, -0.2) is 22.9 Å². The van der Waals surface area contributed by atoms with Gasteiger partial charge in [0.2, 0.25) is 0 Å². The van der Waals surface area contributed by atoms with Crippen molar-refractivity contribution in [3.63, 3.8) is 0 Å². The number of anilines is 2. The highest BCUT2D eigenvalue weighted by Crippen LogP contribution is 2.26. The van der Waals surface area contributed by atoms with Crippen LogP contribution in [0.1, 0.15) is 32.0 Å². The Hall–Kier alpha value is -3.28. The SMILES string of the molecule is COc1ccc(NC(=O)Nc2cc(C(C)(C)C)nn2-c2ccc(C)cc2)cc1. The quantitative estimate of drug-likeness (QED) is 0.661. The van der Waals surface area contributed by atoms with Crippen molar-refractivity contribution in [3.05, 3.63) is 65.9 Å². The fourth-order valence-electron chi connectivity index (χ4n) is 2.67. The number of nitrogens with zero attached hydrogens (tertiary/aromatic N) is 2. The predicted octanol–water partition coefficient (Wildman–Crippen LogP) is 5.13. The maximum atomic E-state index is 12.5. The first-order valence-corrected chi connectivity index (χ1v) is 9.16. The molecule has 2 N–H and O–H groups in total. The third-order valence-corrected chi connectivity index (χ3v) is 4.35. The molecule has 0 spiro atoms. The minimum absolute atomic E-state index is 0.140. The Labute approximate surface area is 165 Å². The zero-order chi connectivity index (χ0) is 20.3. The van der Waals surface area contributed by atoms with Crippen LogP contribution in [0.4, 0.5) is 16.3 Å². The van der Waals surface area contributed by atoms with Crippen molar-refractivity contribution in [2.24, 2.45) is 0 Å². The van der Waals surface area contributed by atoms with E-state index in [9.17, 15) is 4.79 Å². The van der Waals surface area contributed by atoms with Gasteiger partial charge in [0.25, 0.3) is 0 Å². The summed E-state index contributed by atoms with van der Waals surface area (Å²) in [6.07, 6.45) is 0. The molecule has 1 aromatic heterocycles. The molecule has 0 saturated heterocycles. The van der Waals surface area contributed by atoms with Crippen LogP contribution in [0.15, 0.2) is 54.6 Å². The van der Waals surface area contributed by atoms with Gasteiger partial charge in [0.1, 0.15) is 11.6 Å². The largest absolute Gasteiger partial charge is 0.497 e. The van der Waals surface area contributed by atoms with Crippen LogP contribution in [0, 0.1) is 6.92 Å². The predicted molar refractivity (Wildman–Crippen MR) is 113 cm³/mol. The number of carbonyl (C=O) groups excluding carboxylic acids is 1. The fourth-order valence-corrected chi connectivity index (χ4v) is 2.67. The highest BCUT2D eigenvalue weighted by Gasteiger charge is 2.21. The summed E-state index contributed by atoms with van der Waals surface area (Å²) in [5, 5.41) is 10.5. The lowest BCUT2D eigenvalue weighted by molar-refractivity contribution is 0.262. The van der Waals surface area contributed by atoms with E-state index in [1.54, 1.807) is 36.1 Å². The summed E-state index contributed by atoms with van der Waals surface area (Å²) in [5.41, 5.74) is 3.49. The van der Waals surface area contributed by atoms with E-state index in [-0.39, 0.29) is 11.4 Å². The summed E-state index contributed by atoms with van der Waals surface area (Å²) in [5.74, 6) is 1.35. The second kappa shape index (κ2) is 7.76. The Morgan fingerprint density at radius 3 is 2.21 bits per heavy atom. The molecular formula is C22H26N4O2. The third-order valence-electron chi connectivity index (χ3n) is 4.35. The fraction of sp³-hybridized carbons (Fsp3) is 0.273. The van der Waals surface area contributed by atoms with Crippen molar-refractivity contribution in [2.75, 3.05) is 17.7 Å². The lowest BCUT2D eigenvalue weighted by atomic mass is 9.92. The number of carbonyl (C=O) groups is 1. The number of aromatic nitrogens is 2. The number of amides is 2. The van der Waals surface area contributed by atoms with Crippen LogP contribution in [0.5, 0.6) is 5.75 Å². The van der Waals surface area contributed by atoms with Crippen LogP contribution in [-0.2, 0) is 5.41 Å². The number of nitrogens with one attached hydrogen (secondary N) is 2. The number of ether oxygens (including phenoxy) is 1. The van der Waals surface area contributed by atoms with Crippen LogP contribution in [0.25, 0.3) is 5.69 Å². The number of methoxy groups -OCH3 is 1. The molecule has 0 aliphatic carbocycles. The zero-order valence-electron chi connectivity index (χ0n) is 16.9. The monoisotopic (exact) mass is 378 g/mol. The molecule has 2 amide bonds. The number of hydrogen-bond donors (Lipinski definition) is 2. The Balaban J connectivity index is 1.85. The van der Waals surface area contributed by atoms with Gasteiger partial charge in [-0.25, -0.2) is 9.48 Å². The van der Waals surface area contributed by atoms with E-state index in [1.807, 2.05) is 37.3 Å². The maximum Gasteiger partial charge on any atom is 0.324 e. The minimum atomic E-state index is -0.334. The van der Waals surface area contributed by atoms with Gasteiger partial charge < -0.3 is 10.1 Å². The van der Waals surface area contributed by atoms with E-state index in [0.29, 0.717) is 11.5 Å². The van der Waals surface area contributed by atoms with Gasteiger partial charge in [-0.1, -0.05) is 38.5 Å². The molecule has 0 unspecified atom stereocenters. The van der Waals surface area contributed by atoms with Gasteiger partial charge in [-0.3, -0.25) is 5.32 Å². The van der Waals surface area contributed by atoms with E-state index in [4.69, 9.17) is 9.84 Å². The van der Waals surface area contributed by atoms with Crippen LogP contribution >= 0.6 is 0 Å². The number of aryl methyl sites for hydroxylation is 1. The third kappa shape index (κ3) is 4.52. The Morgan fingerprint density at radius 2 is 1.64 bits per heavy atom. The summed E-state index contributed by atoms with van der Waals surface area (Å²) in [7, 11) is 1.61. The second-order valence-corrected chi connectivity index (χ2v) is 7.72. The molecule has 0 bridgehead atoms. The lowest BCUT2D eigenvalue weighted by Crippen LogP contribution is -2.21. The van der Waals surface area contributed by atoms with E-state index in [0.717, 1.165) is 17.1 Å². The van der Waals surface area contributed by atoms with Crippen molar-refractivity contribution >= 4 is 17.5 Å². The number of benzene rings is 2. The summed E-state index contributed by atoms with van der Waals surface area (Å²) in [4.78, 5) is 12.5. The van der Waals surface area contributed by atoms with E-state index in [1.165, 1.54) is 5.56 Å².